The number of nitrogens with two attached hydrogens (primary N) is 1. The summed E-state index contributed by atoms with van der Waals surface area (Å²) < 4.78 is 0. The molecule has 0 aliphatic heterocycles. The molecule has 0 aliphatic carbocycles. The van der Waals surface area contributed by atoms with Crippen molar-refractivity contribution in [2.45, 2.75) is 52.2 Å². The third kappa shape index (κ3) is 9.04. The van der Waals surface area contributed by atoms with Crippen molar-refractivity contribution in [2.24, 2.45) is 17.6 Å². The quantitative estimate of drug-likeness (QED) is 0.252. The summed E-state index contributed by atoms with van der Waals surface area (Å²) in [5, 5.41) is 16.1. The molecule has 0 heterocycles. The minimum atomic E-state index is -1.18. The number of rotatable bonds is 11. The second kappa shape index (κ2) is 11.7. The van der Waals surface area contributed by atoms with E-state index in [4.69, 9.17) is 10.8 Å². The molecule has 0 aromatic heterocycles. The minimum Gasteiger partial charge on any atom is -0.480 e. The molecule has 9 nitrogen and oxygen atoms in total. The number of thiol groups is 1. The van der Waals surface area contributed by atoms with Gasteiger partial charge in [0.15, 0.2) is 0 Å². The lowest BCUT2D eigenvalue weighted by atomic mass is 9.99. The van der Waals surface area contributed by atoms with E-state index in [1.165, 1.54) is 0 Å². The molecule has 0 aromatic carbocycles. The van der Waals surface area contributed by atoms with E-state index in [0.717, 1.165) is 0 Å². The van der Waals surface area contributed by atoms with Crippen LogP contribution < -0.4 is 21.7 Å². The molecule has 3 amide bonds. The standard InChI is InChI=1S/C16H30N4O5S/c1-8(2)5-11(19-14(23)10(17)7-26)15(24)20-13(9(3)4)16(25)18-6-12(21)22/h8-11,13,26H,5-7,17H2,1-4H3,(H,18,25)(H,19,23)(H,20,24)(H,21,22). The molecule has 3 unspecified atom stereocenters. The summed E-state index contributed by atoms with van der Waals surface area (Å²) in [5.74, 6) is -2.84. The highest BCUT2D eigenvalue weighted by molar-refractivity contribution is 7.80. The molecular formula is C16H30N4O5S. The topological polar surface area (TPSA) is 151 Å². The van der Waals surface area contributed by atoms with Crippen molar-refractivity contribution < 1.29 is 24.3 Å². The SMILES string of the molecule is CC(C)CC(NC(=O)C(N)CS)C(=O)NC(C(=O)NCC(=O)O)C(C)C. The summed E-state index contributed by atoms with van der Waals surface area (Å²) in [6.07, 6.45) is 0.360. The smallest absolute Gasteiger partial charge is 0.322 e. The van der Waals surface area contributed by atoms with Gasteiger partial charge in [0.25, 0.3) is 0 Å². The van der Waals surface area contributed by atoms with Crippen LogP contribution in [0.15, 0.2) is 0 Å². The number of carbonyl (C=O) groups excluding carboxylic acids is 3. The summed E-state index contributed by atoms with van der Waals surface area (Å²) >= 11 is 3.96. The van der Waals surface area contributed by atoms with Gasteiger partial charge in [0.1, 0.15) is 18.6 Å². The van der Waals surface area contributed by atoms with Crippen LogP contribution in [0.25, 0.3) is 0 Å². The highest BCUT2D eigenvalue weighted by Crippen LogP contribution is 2.08. The Hall–Kier alpha value is -1.81. The molecule has 0 radical (unpaired) electrons. The Morgan fingerprint density at radius 1 is 1.00 bits per heavy atom. The van der Waals surface area contributed by atoms with E-state index in [9.17, 15) is 19.2 Å². The largest absolute Gasteiger partial charge is 0.480 e. The monoisotopic (exact) mass is 390 g/mol. The Morgan fingerprint density at radius 2 is 1.58 bits per heavy atom. The van der Waals surface area contributed by atoms with E-state index in [-0.39, 0.29) is 17.6 Å². The van der Waals surface area contributed by atoms with Crippen LogP contribution in [0, 0.1) is 11.8 Å². The number of nitrogens with one attached hydrogen (secondary N) is 3. The van der Waals surface area contributed by atoms with E-state index in [0.29, 0.717) is 6.42 Å². The number of hydrogen-bond acceptors (Lipinski definition) is 6. The molecule has 3 atom stereocenters. The van der Waals surface area contributed by atoms with Gasteiger partial charge in [-0.3, -0.25) is 19.2 Å². The zero-order valence-corrected chi connectivity index (χ0v) is 16.5. The van der Waals surface area contributed by atoms with Gasteiger partial charge >= 0.3 is 5.97 Å². The predicted octanol–water partition coefficient (Wildman–Crippen LogP) is -0.884. The second-order valence-corrected chi connectivity index (χ2v) is 7.19. The van der Waals surface area contributed by atoms with Gasteiger partial charge in [0.05, 0.1) is 6.04 Å². The van der Waals surface area contributed by atoms with Gasteiger partial charge in [-0.15, -0.1) is 0 Å². The summed E-state index contributed by atoms with van der Waals surface area (Å²) in [5.41, 5.74) is 5.62. The number of carboxylic acid groups (broad SMARTS) is 1. The summed E-state index contributed by atoms with van der Waals surface area (Å²) in [6.45, 7) is 6.69. The van der Waals surface area contributed by atoms with Crippen molar-refractivity contribution in [1.29, 1.82) is 0 Å². The highest BCUT2D eigenvalue weighted by atomic mass is 32.1. The number of amides is 3. The summed E-state index contributed by atoms with van der Waals surface area (Å²) in [6, 6.07) is -2.63. The van der Waals surface area contributed by atoms with Crippen LogP contribution in [0.2, 0.25) is 0 Å². The molecule has 10 heteroatoms. The number of carbonyl (C=O) groups is 4. The molecule has 0 bridgehead atoms. The first-order valence-electron chi connectivity index (χ1n) is 8.46. The maximum Gasteiger partial charge on any atom is 0.322 e. The zero-order valence-electron chi connectivity index (χ0n) is 15.6. The third-order valence-corrected chi connectivity index (χ3v) is 3.93. The van der Waals surface area contributed by atoms with Gasteiger partial charge in [-0.1, -0.05) is 27.7 Å². The molecule has 26 heavy (non-hydrogen) atoms. The van der Waals surface area contributed by atoms with E-state index < -0.39 is 48.4 Å². The number of aliphatic carboxylic acids is 1. The fourth-order valence-corrected chi connectivity index (χ4v) is 2.29. The lowest BCUT2D eigenvalue weighted by Gasteiger charge is -2.26. The molecule has 0 aromatic rings. The minimum absolute atomic E-state index is 0.108. The Morgan fingerprint density at radius 3 is 2.00 bits per heavy atom. The van der Waals surface area contributed by atoms with Gasteiger partial charge in [-0.2, -0.15) is 12.6 Å². The van der Waals surface area contributed by atoms with Crippen molar-refractivity contribution in [3.63, 3.8) is 0 Å². The summed E-state index contributed by atoms with van der Waals surface area (Å²) in [4.78, 5) is 47.3. The number of hydrogen-bond donors (Lipinski definition) is 6. The Kier molecular flexibility index (Phi) is 10.9. The summed E-state index contributed by atoms with van der Waals surface area (Å²) in [7, 11) is 0. The van der Waals surface area contributed by atoms with E-state index in [2.05, 4.69) is 28.6 Å². The maximum atomic E-state index is 12.6. The fraction of sp³-hybridized carbons (Fsp3) is 0.750. The van der Waals surface area contributed by atoms with Crippen molar-refractivity contribution in [3.8, 4) is 0 Å². The van der Waals surface area contributed by atoms with Crippen LogP contribution in [0.3, 0.4) is 0 Å². The van der Waals surface area contributed by atoms with Crippen molar-refractivity contribution in [2.75, 3.05) is 12.3 Å². The average molecular weight is 391 g/mol. The normalized spacial score (nSPS) is 14.5. The molecular weight excluding hydrogens is 360 g/mol. The molecule has 0 rings (SSSR count). The van der Waals surface area contributed by atoms with Gasteiger partial charge in [0, 0.05) is 5.75 Å². The van der Waals surface area contributed by atoms with Crippen LogP contribution in [0.4, 0.5) is 0 Å². The van der Waals surface area contributed by atoms with E-state index >= 15 is 0 Å². The lowest BCUT2D eigenvalue weighted by Crippen LogP contribution is -2.57. The molecule has 0 aliphatic rings. The average Bonchev–Trinajstić information content (AvgIpc) is 2.54. The third-order valence-electron chi connectivity index (χ3n) is 3.53. The molecule has 150 valence electrons. The molecule has 0 spiro atoms. The van der Waals surface area contributed by atoms with Crippen LogP contribution in [0.5, 0.6) is 0 Å². The first kappa shape index (κ1) is 24.2. The van der Waals surface area contributed by atoms with Crippen LogP contribution in [0.1, 0.15) is 34.1 Å². The van der Waals surface area contributed by atoms with Crippen LogP contribution >= 0.6 is 12.6 Å². The number of carboxylic acids is 1. The van der Waals surface area contributed by atoms with Crippen molar-refractivity contribution in [3.05, 3.63) is 0 Å². The second-order valence-electron chi connectivity index (χ2n) is 6.82. The first-order valence-corrected chi connectivity index (χ1v) is 9.09. The lowest BCUT2D eigenvalue weighted by molar-refractivity contribution is -0.139. The molecule has 6 N–H and O–H groups in total. The Balaban J connectivity index is 5.12. The molecule has 0 saturated carbocycles. The van der Waals surface area contributed by atoms with E-state index in [1.54, 1.807) is 13.8 Å². The predicted molar refractivity (Wildman–Crippen MR) is 101 cm³/mol. The van der Waals surface area contributed by atoms with Crippen LogP contribution in [-0.4, -0.2) is 59.2 Å². The van der Waals surface area contributed by atoms with Gasteiger partial charge in [-0.25, -0.2) is 0 Å². The van der Waals surface area contributed by atoms with E-state index in [1.807, 2.05) is 13.8 Å². The molecule has 0 saturated heterocycles. The zero-order chi connectivity index (χ0) is 20.4. The van der Waals surface area contributed by atoms with Gasteiger partial charge in [-0.05, 0) is 18.3 Å². The van der Waals surface area contributed by atoms with Crippen molar-refractivity contribution >= 4 is 36.3 Å². The van der Waals surface area contributed by atoms with Gasteiger partial charge in [0.2, 0.25) is 17.7 Å². The first-order chi connectivity index (χ1) is 12.0. The van der Waals surface area contributed by atoms with Crippen molar-refractivity contribution in [1.82, 2.24) is 16.0 Å². The maximum absolute atomic E-state index is 12.6. The van der Waals surface area contributed by atoms with Crippen LogP contribution in [-0.2, 0) is 19.2 Å². The Labute approximate surface area is 159 Å². The molecule has 0 fully saturated rings. The van der Waals surface area contributed by atoms with Gasteiger partial charge < -0.3 is 26.8 Å². The fourth-order valence-electron chi connectivity index (χ4n) is 2.13. The Bertz CT molecular complexity index is 513. The highest BCUT2D eigenvalue weighted by Gasteiger charge is 2.30.